The van der Waals surface area contributed by atoms with Crippen LogP contribution in [0.2, 0.25) is 0 Å². The SMILES string of the molecule is c1csc(-c2ccc(-c3cc4sc(-c5ccc(-c6cccs6)s5)cc4s3)s2)c1. The topological polar surface area (TPSA) is 0 Å². The first-order valence-corrected chi connectivity index (χ1v) is 13.7. The Morgan fingerprint density at radius 2 is 0.821 bits per heavy atom. The van der Waals surface area contributed by atoms with E-state index in [-0.39, 0.29) is 0 Å². The Kier molecular flexibility index (Phi) is 4.37. The van der Waals surface area contributed by atoms with Crippen molar-refractivity contribution >= 4 is 77.4 Å². The van der Waals surface area contributed by atoms with Gasteiger partial charge in [-0.15, -0.1) is 68.0 Å². The number of thiophene rings is 6. The fraction of sp³-hybridized carbons (Fsp3) is 0. The number of hydrogen-bond acceptors (Lipinski definition) is 6. The van der Waals surface area contributed by atoms with Crippen LogP contribution in [-0.2, 0) is 0 Å². The van der Waals surface area contributed by atoms with Crippen LogP contribution in [0.1, 0.15) is 0 Å². The van der Waals surface area contributed by atoms with Gasteiger partial charge in [0.2, 0.25) is 0 Å². The van der Waals surface area contributed by atoms with Gasteiger partial charge in [-0.1, -0.05) is 12.1 Å². The van der Waals surface area contributed by atoms with E-state index in [1.54, 1.807) is 0 Å². The molecule has 6 rings (SSSR count). The molecule has 0 bridgehead atoms. The fourth-order valence-electron chi connectivity index (χ4n) is 3.12. The highest BCUT2D eigenvalue weighted by Gasteiger charge is 2.14. The zero-order valence-electron chi connectivity index (χ0n) is 14.4. The van der Waals surface area contributed by atoms with E-state index >= 15 is 0 Å². The summed E-state index contributed by atoms with van der Waals surface area (Å²) < 4.78 is 2.79. The van der Waals surface area contributed by atoms with Gasteiger partial charge in [-0.2, -0.15) is 0 Å². The molecule has 0 saturated heterocycles. The monoisotopic (exact) mass is 468 g/mol. The Morgan fingerprint density at radius 3 is 1.21 bits per heavy atom. The number of rotatable bonds is 4. The summed E-state index contributed by atoms with van der Waals surface area (Å²) >= 11 is 11.2. The van der Waals surface area contributed by atoms with Crippen LogP contribution in [0.5, 0.6) is 0 Å². The van der Waals surface area contributed by atoms with Crippen LogP contribution < -0.4 is 0 Å². The third-order valence-corrected chi connectivity index (χ3v) is 11.4. The van der Waals surface area contributed by atoms with E-state index in [1.165, 1.54) is 48.4 Å². The first-order valence-electron chi connectivity index (χ1n) is 8.65. The molecule has 0 spiro atoms. The molecule has 0 unspecified atom stereocenters. The van der Waals surface area contributed by atoms with Gasteiger partial charge in [0, 0.05) is 48.4 Å². The van der Waals surface area contributed by atoms with Gasteiger partial charge in [0.05, 0.1) is 0 Å². The molecule has 6 aromatic rings. The van der Waals surface area contributed by atoms with Crippen molar-refractivity contribution in [3.8, 4) is 39.0 Å². The zero-order valence-corrected chi connectivity index (χ0v) is 19.3. The lowest BCUT2D eigenvalue weighted by Crippen LogP contribution is -1.59. The molecule has 28 heavy (non-hydrogen) atoms. The van der Waals surface area contributed by atoms with E-state index in [4.69, 9.17) is 0 Å². The van der Waals surface area contributed by atoms with Gasteiger partial charge >= 0.3 is 0 Å². The molecule has 0 radical (unpaired) electrons. The van der Waals surface area contributed by atoms with Gasteiger partial charge in [-0.05, 0) is 59.3 Å². The van der Waals surface area contributed by atoms with E-state index in [0.717, 1.165) is 0 Å². The van der Waals surface area contributed by atoms with Crippen molar-refractivity contribution in [2.24, 2.45) is 0 Å². The predicted octanol–water partition coefficient (Wildman–Crippen LogP) is 9.88. The van der Waals surface area contributed by atoms with Gasteiger partial charge in [0.1, 0.15) is 0 Å². The summed E-state index contributed by atoms with van der Waals surface area (Å²) in [7, 11) is 0. The summed E-state index contributed by atoms with van der Waals surface area (Å²) in [6.07, 6.45) is 0. The maximum absolute atomic E-state index is 2.37. The minimum Gasteiger partial charge on any atom is -0.143 e. The maximum atomic E-state index is 2.37. The molecule has 136 valence electrons. The average Bonchev–Trinajstić information content (AvgIpc) is 3.54. The molecular weight excluding hydrogens is 457 g/mol. The van der Waals surface area contributed by atoms with Gasteiger partial charge in [-0.3, -0.25) is 0 Å². The highest BCUT2D eigenvalue weighted by Crippen LogP contribution is 2.46. The molecule has 0 atom stereocenters. The Balaban J connectivity index is 1.32. The summed E-state index contributed by atoms with van der Waals surface area (Å²) in [4.78, 5) is 10.9. The van der Waals surface area contributed by atoms with E-state index in [1.807, 2.05) is 68.0 Å². The van der Waals surface area contributed by atoms with Crippen LogP contribution in [0.3, 0.4) is 0 Å². The first kappa shape index (κ1) is 17.3. The number of hydrogen-bond donors (Lipinski definition) is 0. The van der Waals surface area contributed by atoms with E-state index in [2.05, 4.69) is 71.4 Å². The van der Waals surface area contributed by atoms with Crippen LogP contribution in [0, 0.1) is 0 Å². The van der Waals surface area contributed by atoms with Crippen LogP contribution in [0.25, 0.3) is 48.4 Å². The fourth-order valence-corrected chi connectivity index (χ4v) is 9.36. The molecule has 0 aliphatic heterocycles. The van der Waals surface area contributed by atoms with Gasteiger partial charge in [0.25, 0.3) is 0 Å². The standard InChI is InChI=1S/C22H12S6/c1-3-13(23-9-1)15-5-7-17(25-15)19-11-21-22(27-19)12-20(28-21)18-8-6-16(26-18)14-4-2-10-24-14/h1-12H. The summed E-state index contributed by atoms with van der Waals surface area (Å²) in [5, 5.41) is 4.29. The van der Waals surface area contributed by atoms with Crippen LogP contribution >= 0.6 is 68.0 Å². The second-order valence-electron chi connectivity index (χ2n) is 6.23. The van der Waals surface area contributed by atoms with Crippen LogP contribution in [-0.4, -0.2) is 0 Å². The lowest BCUT2D eigenvalue weighted by Gasteiger charge is -1.92. The minimum atomic E-state index is 1.36. The van der Waals surface area contributed by atoms with Crippen molar-refractivity contribution in [1.29, 1.82) is 0 Å². The second kappa shape index (κ2) is 7.06. The van der Waals surface area contributed by atoms with Gasteiger partial charge in [0.15, 0.2) is 0 Å². The highest BCUT2D eigenvalue weighted by atomic mass is 32.1. The summed E-state index contributed by atoms with van der Waals surface area (Å²) in [6, 6.07) is 22.4. The summed E-state index contributed by atoms with van der Waals surface area (Å²) in [6.45, 7) is 0. The van der Waals surface area contributed by atoms with Crippen LogP contribution in [0.4, 0.5) is 0 Å². The Labute approximate surface area is 186 Å². The normalized spacial score (nSPS) is 11.6. The van der Waals surface area contributed by atoms with Crippen LogP contribution in [0.15, 0.2) is 71.4 Å². The number of fused-ring (bicyclic) bond motifs is 1. The van der Waals surface area contributed by atoms with Gasteiger partial charge in [-0.25, -0.2) is 0 Å². The average molecular weight is 469 g/mol. The Morgan fingerprint density at radius 1 is 0.393 bits per heavy atom. The molecule has 6 aromatic heterocycles. The maximum Gasteiger partial charge on any atom is 0.0464 e. The summed E-state index contributed by atoms with van der Waals surface area (Å²) in [5.41, 5.74) is 0. The van der Waals surface area contributed by atoms with Gasteiger partial charge < -0.3 is 0 Å². The lowest BCUT2D eigenvalue weighted by atomic mass is 10.3. The molecule has 0 aliphatic carbocycles. The smallest absolute Gasteiger partial charge is 0.0464 e. The molecule has 0 nitrogen and oxygen atoms in total. The molecule has 0 aromatic carbocycles. The van der Waals surface area contributed by atoms with Crippen molar-refractivity contribution in [1.82, 2.24) is 0 Å². The molecule has 0 fully saturated rings. The molecule has 0 aliphatic rings. The molecule has 0 N–H and O–H groups in total. The van der Waals surface area contributed by atoms with E-state index < -0.39 is 0 Å². The van der Waals surface area contributed by atoms with E-state index in [0.29, 0.717) is 0 Å². The largest absolute Gasteiger partial charge is 0.143 e. The quantitative estimate of drug-likeness (QED) is 0.241. The van der Waals surface area contributed by atoms with Crippen molar-refractivity contribution in [2.45, 2.75) is 0 Å². The molecular formula is C22H12S6. The van der Waals surface area contributed by atoms with Crippen molar-refractivity contribution in [2.75, 3.05) is 0 Å². The Hall–Kier alpha value is -1.54. The van der Waals surface area contributed by atoms with Crippen molar-refractivity contribution in [3.05, 3.63) is 71.4 Å². The molecule has 6 heteroatoms. The highest BCUT2D eigenvalue weighted by molar-refractivity contribution is 7.34. The van der Waals surface area contributed by atoms with Crippen molar-refractivity contribution < 1.29 is 0 Å². The van der Waals surface area contributed by atoms with Crippen molar-refractivity contribution in [3.63, 3.8) is 0 Å². The molecule has 0 amide bonds. The summed E-state index contributed by atoms with van der Waals surface area (Å²) in [5.74, 6) is 0. The second-order valence-corrected chi connectivity index (χ2v) is 12.5. The molecule has 6 heterocycles. The zero-order chi connectivity index (χ0) is 18.5. The Bertz CT molecular complexity index is 1220. The minimum absolute atomic E-state index is 1.36. The van der Waals surface area contributed by atoms with E-state index in [9.17, 15) is 0 Å². The lowest BCUT2D eigenvalue weighted by molar-refractivity contribution is 1.92. The predicted molar refractivity (Wildman–Crippen MR) is 133 cm³/mol. The third kappa shape index (κ3) is 3.05. The molecule has 0 saturated carbocycles. The first-order chi connectivity index (χ1) is 13.8. The third-order valence-electron chi connectivity index (χ3n) is 4.43.